The van der Waals surface area contributed by atoms with E-state index in [0.29, 0.717) is 22.8 Å². The number of esters is 1. The number of nitrogens with zero attached hydrogens (tertiary/aromatic N) is 1. The Labute approximate surface area is 165 Å². The van der Waals surface area contributed by atoms with Gasteiger partial charge in [-0.25, -0.2) is 4.98 Å². The molecule has 0 saturated heterocycles. The van der Waals surface area contributed by atoms with Gasteiger partial charge in [-0.3, -0.25) is 9.59 Å². The summed E-state index contributed by atoms with van der Waals surface area (Å²) in [6, 6.07) is 15.7. The quantitative estimate of drug-likeness (QED) is 0.467. The van der Waals surface area contributed by atoms with Gasteiger partial charge in [-0.2, -0.15) is 0 Å². The Bertz CT molecular complexity index is 908. The van der Waals surface area contributed by atoms with E-state index in [1.807, 2.05) is 30.5 Å². The number of carbonyl (C=O) groups excluding carboxylic acids is 2. The molecule has 1 amide bonds. The van der Waals surface area contributed by atoms with Crippen LogP contribution in [0.25, 0.3) is 0 Å². The van der Waals surface area contributed by atoms with Gasteiger partial charge in [-0.15, -0.1) is 23.1 Å². The van der Waals surface area contributed by atoms with E-state index >= 15 is 0 Å². The first-order valence-corrected chi connectivity index (χ1v) is 10.3. The van der Waals surface area contributed by atoms with Gasteiger partial charge in [0.2, 0.25) is 0 Å². The molecule has 0 saturated carbocycles. The third kappa shape index (κ3) is 5.94. The van der Waals surface area contributed by atoms with Gasteiger partial charge in [0.25, 0.3) is 5.91 Å². The standard InChI is InChI=1S/C20H18N2O3S2/c1-14-21-17(12-27-14)11-26-13-19(23)25-18-9-7-16(8-10-18)22-20(24)15-5-3-2-4-6-15/h2-10,12H,11,13H2,1H3,(H,22,24). The second-order valence-corrected chi connectivity index (χ2v) is 7.72. The highest BCUT2D eigenvalue weighted by Gasteiger charge is 2.08. The number of rotatable bonds is 7. The van der Waals surface area contributed by atoms with Crippen LogP contribution in [0.5, 0.6) is 5.75 Å². The summed E-state index contributed by atoms with van der Waals surface area (Å²) in [5, 5.41) is 5.82. The lowest BCUT2D eigenvalue weighted by atomic mass is 10.2. The fraction of sp³-hybridized carbons (Fsp3) is 0.150. The lowest BCUT2D eigenvalue weighted by Gasteiger charge is -2.07. The molecule has 0 fully saturated rings. The van der Waals surface area contributed by atoms with Gasteiger partial charge in [0.1, 0.15) is 5.75 Å². The van der Waals surface area contributed by atoms with E-state index in [1.165, 1.54) is 11.8 Å². The van der Waals surface area contributed by atoms with Gasteiger partial charge in [-0.1, -0.05) is 18.2 Å². The van der Waals surface area contributed by atoms with E-state index in [2.05, 4.69) is 10.3 Å². The van der Waals surface area contributed by atoms with Gasteiger partial charge in [0.15, 0.2) is 0 Å². The zero-order chi connectivity index (χ0) is 19.1. The SMILES string of the molecule is Cc1nc(CSCC(=O)Oc2ccc(NC(=O)c3ccccc3)cc2)cs1. The van der Waals surface area contributed by atoms with E-state index in [1.54, 1.807) is 47.7 Å². The first-order valence-electron chi connectivity index (χ1n) is 8.26. The van der Waals surface area contributed by atoms with Crippen molar-refractivity contribution in [3.8, 4) is 5.75 Å². The molecule has 3 aromatic rings. The molecular formula is C20H18N2O3S2. The Kier molecular flexibility index (Phi) is 6.62. The number of nitrogens with one attached hydrogen (secondary N) is 1. The average molecular weight is 399 g/mol. The highest BCUT2D eigenvalue weighted by molar-refractivity contribution is 7.99. The first kappa shape index (κ1) is 19.1. The fourth-order valence-corrected chi connectivity index (χ4v) is 3.68. The Morgan fingerprint density at radius 2 is 1.85 bits per heavy atom. The van der Waals surface area contributed by atoms with Crippen molar-refractivity contribution < 1.29 is 14.3 Å². The van der Waals surface area contributed by atoms with Crippen molar-refractivity contribution in [2.75, 3.05) is 11.1 Å². The van der Waals surface area contributed by atoms with Gasteiger partial charge in [-0.05, 0) is 43.3 Å². The number of thiazole rings is 1. The molecule has 0 unspecified atom stereocenters. The van der Waals surface area contributed by atoms with Crippen LogP contribution < -0.4 is 10.1 Å². The minimum Gasteiger partial charge on any atom is -0.426 e. The highest BCUT2D eigenvalue weighted by Crippen LogP contribution is 2.19. The zero-order valence-corrected chi connectivity index (χ0v) is 16.3. The molecule has 138 valence electrons. The molecule has 0 aliphatic heterocycles. The van der Waals surface area contributed by atoms with E-state index in [0.717, 1.165) is 10.7 Å². The zero-order valence-electron chi connectivity index (χ0n) is 14.7. The number of ether oxygens (including phenoxy) is 1. The Morgan fingerprint density at radius 1 is 1.11 bits per heavy atom. The van der Waals surface area contributed by atoms with Crippen LogP contribution in [0.2, 0.25) is 0 Å². The maximum Gasteiger partial charge on any atom is 0.321 e. The number of benzene rings is 2. The summed E-state index contributed by atoms with van der Waals surface area (Å²) in [6.45, 7) is 1.96. The number of amides is 1. The molecule has 0 bridgehead atoms. The number of thioether (sulfide) groups is 1. The summed E-state index contributed by atoms with van der Waals surface area (Å²) >= 11 is 3.07. The largest absolute Gasteiger partial charge is 0.426 e. The van der Waals surface area contributed by atoms with Crippen LogP contribution in [-0.2, 0) is 10.5 Å². The molecule has 0 aliphatic rings. The number of hydrogen-bond acceptors (Lipinski definition) is 6. The number of carbonyl (C=O) groups is 2. The van der Waals surface area contributed by atoms with Crippen molar-refractivity contribution in [1.82, 2.24) is 4.98 Å². The molecule has 0 atom stereocenters. The molecular weight excluding hydrogens is 380 g/mol. The van der Waals surface area contributed by atoms with Gasteiger partial charge in [0.05, 0.1) is 16.5 Å². The van der Waals surface area contributed by atoms with Crippen LogP contribution >= 0.6 is 23.1 Å². The number of anilines is 1. The monoisotopic (exact) mass is 398 g/mol. The minimum atomic E-state index is -0.312. The third-order valence-electron chi connectivity index (χ3n) is 3.52. The highest BCUT2D eigenvalue weighted by atomic mass is 32.2. The van der Waals surface area contributed by atoms with Gasteiger partial charge < -0.3 is 10.1 Å². The second kappa shape index (κ2) is 9.34. The Hall–Kier alpha value is -2.64. The van der Waals surface area contributed by atoms with Crippen LogP contribution in [0.1, 0.15) is 21.1 Å². The molecule has 27 heavy (non-hydrogen) atoms. The van der Waals surface area contributed by atoms with E-state index < -0.39 is 0 Å². The lowest BCUT2D eigenvalue weighted by Crippen LogP contribution is -2.12. The summed E-state index contributed by atoms with van der Waals surface area (Å²) in [7, 11) is 0. The molecule has 1 heterocycles. The van der Waals surface area contributed by atoms with Crippen LogP contribution in [0, 0.1) is 6.92 Å². The molecule has 7 heteroatoms. The van der Waals surface area contributed by atoms with Crippen LogP contribution in [0.15, 0.2) is 60.0 Å². The van der Waals surface area contributed by atoms with Crippen LogP contribution in [0.4, 0.5) is 5.69 Å². The van der Waals surface area contributed by atoms with Crippen LogP contribution in [-0.4, -0.2) is 22.6 Å². The summed E-state index contributed by atoms with van der Waals surface area (Å²) < 4.78 is 5.31. The number of aromatic nitrogens is 1. The van der Waals surface area contributed by atoms with Gasteiger partial charge in [0, 0.05) is 22.4 Å². The first-order chi connectivity index (χ1) is 13.1. The predicted molar refractivity (Wildman–Crippen MR) is 109 cm³/mol. The van der Waals surface area contributed by atoms with E-state index in [-0.39, 0.29) is 17.6 Å². The normalized spacial score (nSPS) is 10.4. The predicted octanol–water partition coefficient (Wildman–Crippen LogP) is 4.54. The maximum absolute atomic E-state index is 12.1. The molecule has 2 aromatic carbocycles. The summed E-state index contributed by atoms with van der Waals surface area (Å²) in [5.74, 6) is 0.886. The number of hydrogen-bond donors (Lipinski definition) is 1. The molecule has 0 spiro atoms. The van der Waals surface area contributed by atoms with Crippen molar-refractivity contribution >= 4 is 40.7 Å². The fourth-order valence-electron chi connectivity index (χ4n) is 2.27. The Morgan fingerprint density at radius 3 is 2.52 bits per heavy atom. The molecule has 1 N–H and O–H groups in total. The average Bonchev–Trinajstić information content (AvgIpc) is 3.09. The second-order valence-electron chi connectivity index (χ2n) is 5.67. The Balaban J connectivity index is 1.45. The van der Waals surface area contributed by atoms with Crippen molar-refractivity contribution in [3.63, 3.8) is 0 Å². The van der Waals surface area contributed by atoms with Crippen molar-refractivity contribution in [1.29, 1.82) is 0 Å². The van der Waals surface area contributed by atoms with Crippen molar-refractivity contribution in [2.24, 2.45) is 0 Å². The lowest BCUT2D eigenvalue weighted by molar-refractivity contribution is -0.131. The molecule has 5 nitrogen and oxygen atoms in total. The van der Waals surface area contributed by atoms with Crippen molar-refractivity contribution in [3.05, 3.63) is 76.2 Å². The summed E-state index contributed by atoms with van der Waals surface area (Å²) in [6.07, 6.45) is 0. The molecule has 1 aromatic heterocycles. The third-order valence-corrected chi connectivity index (χ3v) is 5.28. The smallest absolute Gasteiger partial charge is 0.321 e. The summed E-state index contributed by atoms with van der Waals surface area (Å²) in [4.78, 5) is 28.4. The van der Waals surface area contributed by atoms with Crippen molar-refractivity contribution in [2.45, 2.75) is 12.7 Å². The summed E-state index contributed by atoms with van der Waals surface area (Å²) in [5.41, 5.74) is 2.20. The molecule has 0 radical (unpaired) electrons. The topological polar surface area (TPSA) is 68.3 Å². The minimum absolute atomic E-state index is 0.186. The van der Waals surface area contributed by atoms with Gasteiger partial charge >= 0.3 is 5.97 Å². The molecule has 0 aliphatic carbocycles. The molecule has 3 rings (SSSR count). The van der Waals surface area contributed by atoms with E-state index in [9.17, 15) is 9.59 Å². The van der Waals surface area contributed by atoms with E-state index in [4.69, 9.17) is 4.74 Å². The maximum atomic E-state index is 12.1. The van der Waals surface area contributed by atoms with Crippen LogP contribution in [0.3, 0.4) is 0 Å². The number of aryl methyl sites for hydroxylation is 1.